The van der Waals surface area contributed by atoms with E-state index in [-0.39, 0.29) is 0 Å². The number of nitrogens with zero attached hydrogens (tertiary/aromatic N) is 1. The van der Waals surface area contributed by atoms with Crippen LogP contribution in [0.5, 0.6) is 5.75 Å². The molecule has 2 heteroatoms. The van der Waals surface area contributed by atoms with Crippen LogP contribution in [-0.2, 0) is 6.42 Å². The Bertz CT molecular complexity index is 803. The van der Waals surface area contributed by atoms with Crippen molar-refractivity contribution >= 4 is 11.4 Å². The monoisotopic (exact) mass is 315 g/mol. The molecule has 0 saturated carbocycles. The summed E-state index contributed by atoms with van der Waals surface area (Å²) >= 11 is 0. The summed E-state index contributed by atoms with van der Waals surface area (Å²) in [5.74, 6) is 0.855. The summed E-state index contributed by atoms with van der Waals surface area (Å²) in [5, 5.41) is 0. The van der Waals surface area contributed by atoms with Crippen LogP contribution in [0.1, 0.15) is 16.7 Å². The van der Waals surface area contributed by atoms with E-state index < -0.39 is 0 Å². The summed E-state index contributed by atoms with van der Waals surface area (Å²) < 4.78 is 5.26. The van der Waals surface area contributed by atoms with Crippen LogP contribution >= 0.6 is 0 Å². The average molecular weight is 315 g/mol. The van der Waals surface area contributed by atoms with Gasteiger partial charge in [-0.05, 0) is 54.4 Å². The molecule has 0 heterocycles. The maximum atomic E-state index is 5.26. The Kier molecular flexibility index (Phi) is 5.07. The van der Waals surface area contributed by atoms with Gasteiger partial charge in [-0.25, -0.2) is 0 Å². The lowest BCUT2D eigenvalue weighted by atomic mass is 10.0. The van der Waals surface area contributed by atoms with Crippen molar-refractivity contribution in [1.29, 1.82) is 0 Å². The van der Waals surface area contributed by atoms with Crippen LogP contribution in [0.4, 0.5) is 5.69 Å². The zero-order valence-corrected chi connectivity index (χ0v) is 14.1. The van der Waals surface area contributed by atoms with Crippen LogP contribution in [0.15, 0.2) is 83.9 Å². The third-order valence-electron chi connectivity index (χ3n) is 3.94. The first-order valence-electron chi connectivity index (χ1n) is 8.07. The largest absolute Gasteiger partial charge is 0.497 e. The Balaban J connectivity index is 1.97. The molecule has 0 fully saturated rings. The predicted molar refractivity (Wildman–Crippen MR) is 101 cm³/mol. The van der Waals surface area contributed by atoms with Crippen LogP contribution < -0.4 is 4.74 Å². The smallest absolute Gasteiger partial charge is 0.118 e. The van der Waals surface area contributed by atoms with Gasteiger partial charge in [-0.1, -0.05) is 48.0 Å². The zero-order valence-electron chi connectivity index (χ0n) is 14.1. The van der Waals surface area contributed by atoms with Gasteiger partial charge in [0.15, 0.2) is 0 Å². The van der Waals surface area contributed by atoms with Crippen LogP contribution in [0.25, 0.3) is 0 Å². The van der Waals surface area contributed by atoms with Crippen LogP contribution in [0.2, 0.25) is 0 Å². The first-order valence-corrected chi connectivity index (χ1v) is 8.07. The highest BCUT2D eigenvalue weighted by Gasteiger charge is 2.06. The van der Waals surface area contributed by atoms with Gasteiger partial charge >= 0.3 is 0 Å². The van der Waals surface area contributed by atoms with E-state index in [2.05, 4.69) is 67.6 Å². The molecule has 0 aliphatic carbocycles. The molecule has 3 rings (SSSR count). The molecule has 0 N–H and O–H groups in total. The van der Waals surface area contributed by atoms with Crippen LogP contribution in [0.3, 0.4) is 0 Å². The van der Waals surface area contributed by atoms with Gasteiger partial charge in [-0.3, -0.25) is 4.99 Å². The molecule has 0 aliphatic heterocycles. The molecule has 0 radical (unpaired) electrons. The first-order chi connectivity index (χ1) is 11.7. The maximum absolute atomic E-state index is 5.26. The van der Waals surface area contributed by atoms with Crippen molar-refractivity contribution in [3.8, 4) is 5.75 Å². The van der Waals surface area contributed by atoms with Crippen molar-refractivity contribution in [3.05, 3.63) is 95.6 Å². The lowest BCUT2D eigenvalue weighted by Gasteiger charge is -2.09. The molecule has 2 nitrogen and oxygen atoms in total. The van der Waals surface area contributed by atoms with Crippen molar-refractivity contribution in [3.63, 3.8) is 0 Å². The number of benzene rings is 3. The maximum Gasteiger partial charge on any atom is 0.118 e. The summed E-state index contributed by atoms with van der Waals surface area (Å²) in [6, 6.07) is 26.8. The van der Waals surface area contributed by atoms with Crippen molar-refractivity contribution in [1.82, 2.24) is 0 Å². The van der Waals surface area contributed by atoms with E-state index in [1.165, 1.54) is 11.1 Å². The Labute approximate surface area is 143 Å². The van der Waals surface area contributed by atoms with E-state index in [1.807, 2.05) is 18.2 Å². The standard InChI is InChI=1S/C22H21NO/c1-17-8-12-20(13-9-17)23-22(16-18-6-4-3-5-7-18)19-10-14-21(24-2)15-11-19/h3-15H,16H2,1-2H3. The molecule has 3 aromatic rings. The topological polar surface area (TPSA) is 21.6 Å². The summed E-state index contributed by atoms with van der Waals surface area (Å²) in [5.41, 5.74) is 5.62. The molecule has 0 spiro atoms. The fraction of sp³-hybridized carbons (Fsp3) is 0.136. The number of aliphatic imine (C=N–C) groups is 1. The van der Waals surface area contributed by atoms with Gasteiger partial charge in [-0.15, -0.1) is 0 Å². The Morgan fingerprint density at radius 2 is 1.50 bits per heavy atom. The zero-order chi connectivity index (χ0) is 16.8. The molecule has 120 valence electrons. The molecule has 24 heavy (non-hydrogen) atoms. The average Bonchev–Trinajstić information content (AvgIpc) is 2.64. The minimum Gasteiger partial charge on any atom is -0.497 e. The number of ether oxygens (including phenoxy) is 1. The summed E-state index contributed by atoms with van der Waals surface area (Å²) in [4.78, 5) is 4.90. The Hall–Kier alpha value is -2.87. The van der Waals surface area contributed by atoms with Gasteiger partial charge in [0.05, 0.1) is 18.5 Å². The lowest BCUT2D eigenvalue weighted by molar-refractivity contribution is 0.415. The quantitative estimate of drug-likeness (QED) is 0.580. The van der Waals surface area contributed by atoms with Crippen molar-refractivity contribution in [2.45, 2.75) is 13.3 Å². The molecular formula is C22H21NO. The summed E-state index contributed by atoms with van der Waals surface area (Å²) in [6.45, 7) is 2.09. The summed E-state index contributed by atoms with van der Waals surface area (Å²) in [7, 11) is 1.68. The SMILES string of the molecule is COc1ccc(C(Cc2ccccc2)=Nc2ccc(C)cc2)cc1. The number of methoxy groups -OCH3 is 1. The van der Waals surface area contributed by atoms with E-state index in [0.29, 0.717) is 0 Å². The van der Waals surface area contributed by atoms with E-state index in [9.17, 15) is 0 Å². The lowest BCUT2D eigenvalue weighted by Crippen LogP contribution is -2.05. The van der Waals surface area contributed by atoms with Crippen molar-refractivity contribution in [2.24, 2.45) is 4.99 Å². The number of hydrogen-bond donors (Lipinski definition) is 0. The molecule has 0 aromatic heterocycles. The Morgan fingerprint density at radius 3 is 2.12 bits per heavy atom. The number of aryl methyl sites for hydroxylation is 1. The molecule has 0 saturated heterocycles. The second kappa shape index (κ2) is 7.60. The van der Waals surface area contributed by atoms with Crippen molar-refractivity contribution < 1.29 is 4.74 Å². The fourth-order valence-corrected chi connectivity index (χ4v) is 2.55. The third-order valence-corrected chi connectivity index (χ3v) is 3.94. The second-order valence-corrected chi connectivity index (χ2v) is 5.78. The predicted octanol–water partition coefficient (Wildman–Crippen LogP) is 5.37. The van der Waals surface area contributed by atoms with Gasteiger partial charge in [-0.2, -0.15) is 0 Å². The van der Waals surface area contributed by atoms with Gasteiger partial charge < -0.3 is 4.74 Å². The minimum absolute atomic E-state index is 0.793. The van der Waals surface area contributed by atoms with Crippen LogP contribution in [-0.4, -0.2) is 12.8 Å². The molecule has 0 atom stereocenters. The molecule has 0 bridgehead atoms. The van der Waals surface area contributed by atoms with E-state index in [4.69, 9.17) is 9.73 Å². The van der Waals surface area contributed by atoms with Gasteiger partial charge in [0.25, 0.3) is 0 Å². The van der Waals surface area contributed by atoms with Crippen molar-refractivity contribution in [2.75, 3.05) is 7.11 Å². The first kappa shape index (κ1) is 16.0. The van der Waals surface area contributed by atoms with Gasteiger partial charge in [0.1, 0.15) is 5.75 Å². The second-order valence-electron chi connectivity index (χ2n) is 5.78. The highest BCUT2D eigenvalue weighted by Crippen LogP contribution is 2.19. The highest BCUT2D eigenvalue weighted by molar-refractivity contribution is 6.03. The fourth-order valence-electron chi connectivity index (χ4n) is 2.55. The van der Waals surface area contributed by atoms with E-state index in [1.54, 1.807) is 7.11 Å². The minimum atomic E-state index is 0.793. The van der Waals surface area contributed by atoms with E-state index in [0.717, 1.165) is 29.1 Å². The normalized spacial score (nSPS) is 11.3. The van der Waals surface area contributed by atoms with Gasteiger partial charge in [0.2, 0.25) is 0 Å². The van der Waals surface area contributed by atoms with Crippen LogP contribution in [0, 0.1) is 6.92 Å². The molecular weight excluding hydrogens is 294 g/mol. The van der Waals surface area contributed by atoms with Gasteiger partial charge in [0, 0.05) is 6.42 Å². The third kappa shape index (κ3) is 4.11. The molecule has 0 amide bonds. The molecule has 0 aliphatic rings. The Morgan fingerprint density at radius 1 is 0.833 bits per heavy atom. The highest BCUT2D eigenvalue weighted by atomic mass is 16.5. The summed E-state index contributed by atoms with van der Waals surface area (Å²) in [6.07, 6.45) is 0.793. The molecule has 0 unspecified atom stereocenters. The number of hydrogen-bond acceptors (Lipinski definition) is 2. The number of rotatable bonds is 5. The molecule has 3 aromatic carbocycles. The van der Waals surface area contributed by atoms with E-state index >= 15 is 0 Å².